The summed E-state index contributed by atoms with van der Waals surface area (Å²) in [6, 6.07) is 6.14. The van der Waals surface area contributed by atoms with Crippen molar-refractivity contribution >= 4 is 15.9 Å². The van der Waals surface area contributed by atoms with Gasteiger partial charge in [0.15, 0.2) is 5.82 Å². The molecule has 2 rings (SSSR count). The van der Waals surface area contributed by atoms with Crippen molar-refractivity contribution in [1.29, 1.82) is 0 Å². The van der Waals surface area contributed by atoms with Crippen LogP contribution in [0.15, 0.2) is 29.0 Å². The quantitative estimate of drug-likeness (QED) is 0.801. The average Bonchev–Trinajstić information content (AvgIpc) is 2.70. The number of hydrogen-bond acceptors (Lipinski definition) is 2. The molecule has 90 valence electrons. The Morgan fingerprint density at radius 3 is 2.59 bits per heavy atom. The summed E-state index contributed by atoms with van der Waals surface area (Å²) < 4.78 is 3.19. The minimum atomic E-state index is -0.0202. The van der Waals surface area contributed by atoms with Crippen molar-refractivity contribution in [2.24, 2.45) is 0 Å². The van der Waals surface area contributed by atoms with Gasteiger partial charge in [0.25, 0.3) is 0 Å². The summed E-state index contributed by atoms with van der Waals surface area (Å²) in [6.45, 7) is 8.52. The van der Waals surface area contributed by atoms with Gasteiger partial charge in [-0.2, -0.15) is 0 Å². The van der Waals surface area contributed by atoms with E-state index in [0.717, 1.165) is 15.9 Å². The molecule has 0 aliphatic heterocycles. The summed E-state index contributed by atoms with van der Waals surface area (Å²) in [5.74, 6) is 0.913. The van der Waals surface area contributed by atoms with E-state index in [1.807, 2.05) is 12.1 Å². The van der Waals surface area contributed by atoms with Crippen LogP contribution in [0, 0.1) is 6.92 Å². The topological polar surface area (TPSA) is 30.7 Å². The van der Waals surface area contributed by atoms with Crippen molar-refractivity contribution < 1.29 is 0 Å². The molecule has 1 heterocycles. The largest absolute Gasteiger partial charge is 0.308 e. The Labute approximate surface area is 110 Å². The molecule has 1 aromatic heterocycles. The summed E-state index contributed by atoms with van der Waals surface area (Å²) in [6.07, 6.45) is 1.79. The molecule has 17 heavy (non-hydrogen) atoms. The van der Waals surface area contributed by atoms with Gasteiger partial charge in [-0.1, -0.05) is 28.1 Å². The van der Waals surface area contributed by atoms with E-state index in [9.17, 15) is 0 Å². The first kappa shape index (κ1) is 12.3. The van der Waals surface area contributed by atoms with Crippen LogP contribution in [0.5, 0.6) is 0 Å². The van der Waals surface area contributed by atoms with E-state index in [1.54, 1.807) is 6.33 Å². The highest BCUT2D eigenvalue weighted by Gasteiger charge is 2.20. The van der Waals surface area contributed by atoms with Crippen LogP contribution in [0.4, 0.5) is 0 Å². The van der Waals surface area contributed by atoms with Crippen LogP contribution >= 0.6 is 15.9 Å². The predicted molar refractivity (Wildman–Crippen MR) is 72.9 cm³/mol. The van der Waals surface area contributed by atoms with Crippen molar-refractivity contribution in [2.45, 2.75) is 33.2 Å². The maximum atomic E-state index is 4.25. The van der Waals surface area contributed by atoms with Crippen molar-refractivity contribution in [2.75, 3.05) is 0 Å². The monoisotopic (exact) mass is 293 g/mol. The highest BCUT2D eigenvalue weighted by molar-refractivity contribution is 9.10. The van der Waals surface area contributed by atoms with Crippen LogP contribution in [0.3, 0.4) is 0 Å². The number of hydrogen-bond donors (Lipinski definition) is 0. The van der Waals surface area contributed by atoms with Gasteiger partial charge >= 0.3 is 0 Å². The first-order valence-electron chi connectivity index (χ1n) is 5.57. The fraction of sp³-hybridized carbons (Fsp3) is 0.385. The van der Waals surface area contributed by atoms with Crippen molar-refractivity contribution in [1.82, 2.24) is 14.8 Å². The minimum absolute atomic E-state index is 0.0202. The predicted octanol–water partition coefficient (Wildman–Crippen LogP) is 3.77. The Morgan fingerprint density at radius 1 is 1.24 bits per heavy atom. The van der Waals surface area contributed by atoms with Gasteiger partial charge in [0.1, 0.15) is 6.33 Å². The fourth-order valence-corrected chi connectivity index (χ4v) is 2.13. The molecule has 0 atom stereocenters. The third-order valence-corrected chi connectivity index (χ3v) is 3.64. The second-order valence-corrected chi connectivity index (χ2v) is 5.96. The Kier molecular flexibility index (Phi) is 3.08. The van der Waals surface area contributed by atoms with Crippen molar-refractivity contribution in [3.05, 3.63) is 34.6 Å². The van der Waals surface area contributed by atoms with E-state index >= 15 is 0 Å². The zero-order chi connectivity index (χ0) is 12.6. The standard InChI is InChI=1S/C13H16BrN3/c1-9-10(6-5-7-11(9)14)12-16-15-8-17(12)13(2,3)4/h5-8H,1-4H3. The third kappa shape index (κ3) is 2.27. The molecule has 0 amide bonds. The molecule has 0 saturated heterocycles. The molecule has 0 N–H and O–H groups in total. The van der Waals surface area contributed by atoms with E-state index in [-0.39, 0.29) is 5.54 Å². The summed E-state index contributed by atoms with van der Waals surface area (Å²) in [5, 5.41) is 8.28. The Morgan fingerprint density at radius 2 is 1.94 bits per heavy atom. The molecular formula is C13H16BrN3. The summed E-state index contributed by atoms with van der Waals surface area (Å²) in [4.78, 5) is 0. The lowest BCUT2D eigenvalue weighted by Crippen LogP contribution is -2.22. The van der Waals surface area contributed by atoms with E-state index in [1.165, 1.54) is 5.56 Å². The van der Waals surface area contributed by atoms with Gasteiger partial charge in [-0.05, 0) is 39.3 Å². The van der Waals surface area contributed by atoms with E-state index in [0.29, 0.717) is 0 Å². The molecule has 0 unspecified atom stereocenters. The second-order valence-electron chi connectivity index (χ2n) is 5.11. The molecule has 1 aromatic carbocycles. The number of benzene rings is 1. The molecule has 0 radical (unpaired) electrons. The van der Waals surface area contributed by atoms with Crippen molar-refractivity contribution in [3.8, 4) is 11.4 Å². The Bertz CT molecular complexity index is 538. The summed E-state index contributed by atoms with van der Waals surface area (Å²) >= 11 is 3.55. The van der Waals surface area contributed by atoms with Crippen LogP contribution in [0.1, 0.15) is 26.3 Å². The molecular weight excluding hydrogens is 278 g/mol. The lowest BCUT2D eigenvalue weighted by Gasteiger charge is -2.23. The van der Waals surface area contributed by atoms with Gasteiger partial charge in [-0.3, -0.25) is 0 Å². The van der Waals surface area contributed by atoms with Gasteiger partial charge in [0.05, 0.1) is 0 Å². The first-order valence-corrected chi connectivity index (χ1v) is 6.36. The molecule has 0 spiro atoms. The number of rotatable bonds is 1. The molecule has 0 bridgehead atoms. The van der Waals surface area contributed by atoms with Crippen LogP contribution in [-0.4, -0.2) is 14.8 Å². The van der Waals surface area contributed by atoms with Crippen LogP contribution in [-0.2, 0) is 5.54 Å². The zero-order valence-electron chi connectivity index (χ0n) is 10.5. The maximum absolute atomic E-state index is 4.25. The van der Waals surface area contributed by atoms with E-state index < -0.39 is 0 Å². The minimum Gasteiger partial charge on any atom is -0.308 e. The number of nitrogens with zero attached hydrogens (tertiary/aromatic N) is 3. The third-order valence-electron chi connectivity index (χ3n) is 2.78. The Balaban J connectivity index is 2.62. The van der Waals surface area contributed by atoms with E-state index in [2.05, 4.69) is 64.5 Å². The van der Waals surface area contributed by atoms with Crippen LogP contribution in [0.2, 0.25) is 0 Å². The summed E-state index contributed by atoms with van der Waals surface area (Å²) in [5.41, 5.74) is 2.28. The molecule has 4 heteroatoms. The normalized spacial score (nSPS) is 11.8. The van der Waals surface area contributed by atoms with Gasteiger partial charge in [0.2, 0.25) is 0 Å². The van der Waals surface area contributed by atoms with Gasteiger partial charge in [-0.25, -0.2) is 0 Å². The molecule has 0 aliphatic carbocycles. The maximum Gasteiger partial charge on any atom is 0.164 e. The smallest absolute Gasteiger partial charge is 0.164 e. The molecule has 2 aromatic rings. The fourth-order valence-electron chi connectivity index (χ4n) is 1.76. The number of aromatic nitrogens is 3. The number of halogens is 1. The zero-order valence-corrected chi connectivity index (χ0v) is 12.1. The molecule has 0 aliphatic rings. The average molecular weight is 294 g/mol. The lowest BCUT2D eigenvalue weighted by molar-refractivity contribution is 0.399. The highest BCUT2D eigenvalue weighted by Crippen LogP contribution is 2.29. The van der Waals surface area contributed by atoms with Crippen LogP contribution in [0.25, 0.3) is 11.4 Å². The van der Waals surface area contributed by atoms with Gasteiger partial charge in [0, 0.05) is 15.6 Å². The summed E-state index contributed by atoms with van der Waals surface area (Å²) in [7, 11) is 0. The lowest BCUT2D eigenvalue weighted by atomic mass is 10.1. The molecule has 0 saturated carbocycles. The highest BCUT2D eigenvalue weighted by atomic mass is 79.9. The Hall–Kier alpha value is -1.16. The van der Waals surface area contributed by atoms with Gasteiger partial charge in [-0.15, -0.1) is 10.2 Å². The first-order chi connectivity index (χ1) is 7.91. The van der Waals surface area contributed by atoms with Crippen LogP contribution < -0.4 is 0 Å². The van der Waals surface area contributed by atoms with Crippen molar-refractivity contribution in [3.63, 3.8) is 0 Å². The molecule has 3 nitrogen and oxygen atoms in total. The van der Waals surface area contributed by atoms with E-state index in [4.69, 9.17) is 0 Å². The second kappa shape index (κ2) is 4.26. The SMILES string of the molecule is Cc1c(Br)cccc1-c1nncn1C(C)(C)C. The van der Waals surface area contributed by atoms with Gasteiger partial charge < -0.3 is 4.57 Å². The molecule has 0 fully saturated rings.